The second-order valence-electron chi connectivity index (χ2n) is 5.03. The normalized spacial score (nSPS) is 24.9. The number of anilines is 2. The maximum absolute atomic E-state index is 6.17. The summed E-state index contributed by atoms with van der Waals surface area (Å²) in [6, 6.07) is 0.639. The molecule has 0 aliphatic carbocycles. The summed E-state index contributed by atoms with van der Waals surface area (Å²) in [5.74, 6) is 1.08. The Labute approximate surface area is 112 Å². The molecule has 0 bridgehead atoms. The minimum Gasteiger partial charge on any atom is -0.368 e. The maximum Gasteiger partial charge on any atom is 0.222 e. The zero-order valence-electron chi connectivity index (χ0n) is 10.3. The number of halogens is 1. The molecular weight excluding hydrogens is 250 g/mol. The number of piperazine rings is 1. The quantitative estimate of drug-likeness (QED) is 0.833. The lowest BCUT2D eigenvalue weighted by molar-refractivity contribution is 0.133. The Morgan fingerprint density at radius 1 is 1.28 bits per heavy atom. The Balaban J connectivity index is 1.79. The third-order valence-corrected chi connectivity index (χ3v) is 4.15. The molecule has 2 fully saturated rings. The highest BCUT2D eigenvalue weighted by atomic mass is 35.5. The van der Waals surface area contributed by atoms with Crippen LogP contribution in [0.5, 0.6) is 0 Å². The van der Waals surface area contributed by atoms with E-state index in [9.17, 15) is 0 Å². The van der Waals surface area contributed by atoms with Gasteiger partial charge in [0, 0.05) is 25.7 Å². The first kappa shape index (κ1) is 12.0. The fraction of sp³-hybridized carbons (Fsp3) is 0.667. The number of piperidine rings is 1. The molecule has 0 aromatic carbocycles. The molecule has 1 aromatic rings. The molecule has 98 valence electrons. The SMILES string of the molecule is Nc1ncc(Cl)c(N2CCN3CCCCC3C2)n1. The van der Waals surface area contributed by atoms with Crippen molar-refractivity contribution in [2.45, 2.75) is 25.3 Å². The van der Waals surface area contributed by atoms with Crippen molar-refractivity contribution in [1.29, 1.82) is 0 Å². The molecule has 0 spiro atoms. The van der Waals surface area contributed by atoms with Crippen LogP contribution < -0.4 is 10.6 Å². The molecule has 3 heterocycles. The number of hydrogen-bond acceptors (Lipinski definition) is 5. The van der Waals surface area contributed by atoms with E-state index in [4.69, 9.17) is 17.3 Å². The number of fused-ring (bicyclic) bond motifs is 1. The summed E-state index contributed by atoms with van der Waals surface area (Å²) >= 11 is 6.17. The molecule has 0 saturated carbocycles. The number of aromatic nitrogens is 2. The van der Waals surface area contributed by atoms with Crippen molar-refractivity contribution < 1.29 is 0 Å². The zero-order chi connectivity index (χ0) is 12.5. The van der Waals surface area contributed by atoms with Crippen LogP contribution in [-0.2, 0) is 0 Å². The molecule has 2 N–H and O–H groups in total. The average Bonchev–Trinajstić information content (AvgIpc) is 2.41. The summed E-state index contributed by atoms with van der Waals surface area (Å²) in [6.45, 7) is 4.28. The third kappa shape index (κ3) is 2.24. The number of nitrogens with two attached hydrogens (primary N) is 1. The van der Waals surface area contributed by atoms with Crippen LogP contribution in [0.25, 0.3) is 0 Å². The van der Waals surface area contributed by atoms with Gasteiger partial charge in [-0.2, -0.15) is 4.98 Å². The predicted molar refractivity (Wildman–Crippen MR) is 72.9 cm³/mol. The molecule has 1 atom stereocenters. The van der Waals surface area contributed by atoms with Crippen molar-refractivity contribution in [3.05, 3.63) is 11.2 Å². The fourth-order valence-electron chi connectivity index (χ4n) is 2.94. The molecule has 18 heavy (non-hydrogen) atoms. The first-order valence-electron chi connectivity index (χ1n) is 6.51. The molecule has 3 rings (SSSR count). The van der Waals surface area contributed by atoms with E-state index >= 15 is 0 Å². The topological polar surface area (TPSA) is 58.3 Å². The van der Waals surface area contributed by atoms with Crippen molar-refractivity contribution in [2.75, 3.05) is 36.8 Å². The van der Waals surface area contributed by atoms with Gasteiger partial charge in [0.25, 0.3) is 0 Å². The van der Waals surface area contributed by atoms with Gasteiger partial charge >= 0.3 is 0 Å². The van der Waals surface area contributed by atoms with Crippen molar-refractivity contribution in [3.8, 4) is 0 Å². The number of nitrogens with zero attached hydrogens (tertiary/aromatic N) is 4. The van der Waals surface area contributed by atoms with Gasteiger partial charge in [0.2, 0.25) is 5.95 Å². The molecule has 1 aromatic heterocycles. The van der Waals surface area contributed by atoms with Gasteiger partial charge in [0.1, 0.15) is 5.02 Å². The smallest absolute Gasteiger partial charge is 0.222 e. The van der Waals surface area contributed by atoms with E-state index in [1.54, 1.807) is 6.20 Å². The Morgan fingerprint density at radius 3 is 3.06 bits per heavy atom. The van der Waals surface area contributed by atoms with Gasteiger partial charge < -0.3 is 10.6 Å². The predicted octanol–water partition coefficient (Wildman–Crippen LogP) is 1.39. The molecule has 2 aliphatic heterocycles. The van der Waals surface area contributed by atoms with E-state index in [-0.39, 0.29) is 0 Å². The highest BCUT2D eigenvalue weighted by molar-refractivity contribution is 6.32. The standard InChI is InChI=1S/C12H18ClN5/c13-10-7-15-12(14)16-11(10)18-6-5-17-4-2-1-3-9(17)8-18/h7,9H,1-6,8H2,(H2,14,15,16). The van der Waals surface area contributed by atoms with Crippen LogP contribution in [0.1, 0.15) is 19.3 Å². The monoisotopic (exact) mass is 267 g/mol. The molecule has 0 amide bonds. The molecular formula is C12H18ClN5. The van der Waals surface area contributed by atoms with Gasteiger partial charge in [-0.25, -0.2) is 4.98 Å². The first-order valence-corrected chi connectivity index (χ1v) is 6.89. The van der Waals surface area contributed by atoms with Crippen molar-refractivity contribution in [1.82, 2.24) is 14.9 Å². The lowest BCUT2D eigenvalue weighted by Crippen LogP contribution is -2.55. The Morgan fingerprint density at radius 2 is 2.17 bits per heavy atom. The van der Waals surface area contributed by atoms with E-state index < -0.39 is 0 Å². The van der Waals surface area contributed by atoms with Crippen molar-refractivity contribution in [3.63, 3.8) is 0 Å². The molecule has 0 radical (unpaired) electrons. The Bertz CT molecular complexity index is 438. The van der Waals surface area contributed by atoms with Crippen LogP contribution in [-0.4, -0.2) is 47.1 Å². The number of hydrogen-bond donors (Lipinski definition) is 1. The lowest BCUT2D eigenvalue weighted by Gasteiger charge is -2.44. The van der Waals surface area contributed by atoms with Gasteiger partial charge in [0.05, 0.1) is 6.20 Å². The summed E-state index contributed by atoms with van der Waals surface area (Å²) in [6.07, 6.45) is 5.52. The van der Waals surface area contributed by atoms with E-state index in [0.717, 1.165) is 25.5 Å². The van der Waals surface area contributed by atoms with Crippen molar-refractivity contribution >= 4 is 23.4 Å². The van der Waals surface area contributed by atoms with Gasteiger partial charge in [-0.1, -0.05) is 18.0 Å². The van der Waals surface area contributed by atoms with E-state index in [0.29, 0.717) is 17.0 Å². The Kier molecular flexibility index (Phi) is 3.26. The summed E-state index contributed by atoms with van der Waals surface area (Å²) in [7, 11) is 0. The van der Waals surface area contributed by atoms with E-state index in [1.165, 1.54) is 25.8 Å². The summed E-state index contributed by atoms with van der Waals surface area (Å²) in [4.78, 5) is 13.0. The molecule has 5 nitrogen and oxygen atoms in total. The first-order chi connectivity index (χ1) is 8.74. The average molecular weight is 268 g/mol. The largest absolute Gasteiger partial charge is 0.368 e. The zero-order valence-corrected chi connectivity index (χ0v) is 11.1. The van der Waals surface area contributed by atoms with Crippen LogP contribution in [0.4, 0.5) is 11.8 Å². The van der Waals surface area contributed by atoms with Gasteiger partial charge in [-0.15, -0.1) is 0 Å². The maximum atomic E-state index is 6.17. The van der Waals surface area contributed by atoms with Crippen LogP contribution in [0, 0.1) is 0 Å². The summed E-state index contributed by atoms with van der Waals surface area (Å²) in [5.41, 5.74) is 5.65. The van der Waals surface area contributed by atoms with E-state index in [2.05, 4.69) is 19.8 Å². The number of rotatable bonds is 1. The molecule has 2 aliphatic rings. The minimum atomic E-state index is 0.292. The Hall–Kier alpha value is -1.07. The highest BCUT2D eigenvalue weighted by Crippen LogP contribution is 2.28. The third-order valence-electron chi connectivity index (χ3n) is 3.88. The lowest BCUT2D eigenvalue weighted by atomic mass is 9.99. The minimum absolute atomic E-state index is 0.292. The summed E-state index contributed by atoms with van der Waals surface area (Å²) in [5, 5.41) is 0.591. The van der Waals surface area contributed by atoms with Crippen LogP contribution in [0.3, 0.4) is 0 Å². The van der Waals surface area contributed by atoms with Crippen LogP contribution in [0.2, 0.25) is 5.02 Å². The second-order valence-corrected chi connectivity index (χ2v) is 5.44. The van der Waals surface area contributed by atoms with Crippen molar-refractivity contribution in [2.24, 2.45) is 0 Å². The van der Waals surface area contributed by atoms with Crippen LogP contribution in [0.15, 0.2) is 6.20 Å². The van der Waals surface area contributed by atoms with Gasteiger partial charge in [-0.3, -0.25) is 4.90 Å². The highest BCUT2D eigenvalue weighted by Gasteiger charge is 2.30. The molecule has 1 unspecified atom stereocenters. The second kappa shape index (κ2) is 4.90. The fourth-order valence-corrected chi connectivity index (χ4v) is 3.15. The summed E-state index contributed by atoms with van der Waals surface area (Å²) < 4.78 is 0. The van der Waals surface area contributed by atoms with Gasteiger partial charge in [-0.05, 0) is 19.4 Å². The van der Waals surface area contributed by atoms with Gasteiger partial charge in [0.15, 0.2) is 5.82 Å². The number of nitrogen functional groups attached to an aromatic ring is 1. The van der Waals surface area contributed by atoms with Crippen LogP contribution >= 0.6 is 11.6 Å². The molecule has 6 heteroatoms. The molecule has 2 saturated heterocycles. The van der Waals surface area contributed by atoms with E-state index in [1.807, 2.05) is 0 Å².